The van der Waals surface area contributed by atoms with Crippen LogP contribution in [0.1, 0.15) is 50.2 Å². The molecule has 0 aromatic carbocycles. The van der Waals surface area contributed by atoms with E-state index in [4.69, 9.17) is 4.52 Å². The predicted octanol–water partition coefficient (Wildman–Crippen LogP) is 2.28. The molecule has 3 heterocycles. The van der Waals surface area contributed by atoms with Gasteiger partial charge in [0, 0.05) is 39.4 Å². The number of carbonyl (C=O) groups excluding carboxylic acids is 1. The van der Waals surface area contributed by atoms with Gasteiger partial charge in [0.1, 0.15) is 0 Å². The number of hydrogen-bond acceptors (Lipinski definition) is 5. The highest BCUT2D eigenvalue weighted by Crippen LogP contribution is 2.23. The molecule has 6 heteroatoms. The van der Waals surface area contributed by atoms with Gasteiger partial charge >= 0.3 is 0 Å². The fourth-order valence-electron chi connectivity index (χ4n) is 4.06. The van der Waals surface area contributed by atoms with Gasteiger partial charge in [-0.05, 0) is 57.5 Å². The van der Waals surface area contributed by atoms with E-state index in [2.05, 4.69) is 27.0 Å². The van der Waals surface area contributed by atoms with Gasteiger partial charge < -0.3 is 14.3 Å². The molecule has 0 bridgehead atoms. The maximum Gasteiger partial charge on any atom is 0.223 e. The van der Waals surface area contributed by atoms with Crippen molar-refractivity contribution in [3.8, 4) is 0 Å². The summed E-state index contributed by atoms with van der Waals surface area (Å²) in [5, 5.41) is 3.98. The maximum atomic E-state index is 12.5. The van der Waals surface area contributed by atoms with Crippen LogP contribution in [0.2, 0.25) is 0 Å². The highest BCUT2D eigenvalue weighted by Gasteiger charge is 2.25. The largest absolute Gasteiger partial charge is 0.343 e. The first-order chi connectivity index (χ1) is 11.6. The number of aromatic nitrogens is 2. The average molecular weight is 334 g/mol. The fraction of sp³-hybridized carbons (Fsp3) is 0.833. The molecule has 1 atom stereocenters. The Bertz CT molecular complexity index is 537. The van der Waals surface area contributed by atoms with E-state index in [0.29, 0.717) is 30.1 Å². The summed E-state index contributed by atoms with van der Waals surface area (Å²) in [5.74, 6) is 3.05. The fourth-order valence-corrected chi connectivity index (χ4v) is 4.06. The number of hydrogen-bond donors (Lipinski definition) is 0. The summed E-state index contributed by atoms with van der Waals surface area (Å²) in [4.78, 5) is 21.2. The molecule has 2 aliphatic rings. The molecule has 3 rings (SSSR count). The van der Waals surface area contributed by atoms with Gasteiger partial charge in [0.15, 0.2) is 5.82 Å². The zero-order chi connectivity index (χ0) is 16.9. The summed E-state index contributed by atoms with van der Waals surface area (Å²) in [6.45, 7) is 5.94. The number of piperidine rings is 2. The minimum absolute atomic E-state index is 0.345. The van der Waals surface area contributed by atoms with Crippen LogP contribution in [-0.4, -0.2) is 59.1 Å². The lowest BCUT2D eigenvalue weighted by Crippen LogP contribution is -2.39. The first kappa shape index (κ1) is 17.4. The van der Waals surface area contributed by atoms with Crippen LogP contribution in [0.3, 0.4) is 0 Å². The summed E-state index contributed by atoms with van der Waals surface area (Å²) in [6, 6.07) is 0. The molecule has 2 fully saturated rings. The number of carbonyl (C=O) groups is 1. The molecule has 0 unspecified atom stereocenters. The van der Waals surface area contributed by atoms with Crippen LogP contribution in [0, 0.1) is 18.8 Å². The van der Waals surface area contributed by atoms with Gasteiger partial charge in [-0.25, -0.2) is 0 Å². The Morgan fingerprint density at radius 1 is 1.21 bits per heavy atom. The van der Waals surface area contributed by atoms with Crippen molar-refractivity contribution < 1.29 is 9.32 Å². The Labute approximate surface area is 144 Å². The molecule has 0 radical (unpaired) electrons. The topological polar surface area (TPSA) is 62.5 Å². The van der Waals surface area contributed by atoms with Crippen molar-refractivity contribution in [3.05, 3.63) is 11.7 Å². The van der Waals surface area contributed by atoms with Gasteiger partial charge in [0.05, 0.1) is 0 Å². The van der Waals surface area contributed by atoms with E-state index < -0.39 is 0 Å². The van der Waals surface area contributed by atoms with Crippen molar-refractivity contribution in [2.45, 2.75) is 51.9 Å². The third-order valence-electron chi connectivity index (χ3n) is 5.50. The molecule has 2 saturated heterocycles. The molecule has 0 aliphatic carbocycles. The highest BCUT2D eigenvalue weighted by atomic mass is 16.5. The van der Waals surface area contributed by atoms with E-state index >= 15 is 0 Å². The Morgan fingerprint density at radius 3 is 2.67 bits per heavy atom. The number of rotatable bonds is 5. The minimum atomic E-state index is 0.345. The molecule has 6 nitrogen and oxygen atoms in total. The van der Waals surface area contributed by atoms with E-state index in [9.17, 15) is 4.79 Å². The maximum absolute atomic E-state index is 12.5. The van der Waals surface area contributed by atoms with Crippen molar-refractivity contribution in [3.63, 3.8) is 0 Å². The van der Waals surface area contributed by atoms with Crippen LogP contribution in [0.4, 0.5) is 0 Å². The Hall–Kier alpha value is -1.43. The van der Waals surface area contributed by atoms with Gasteiger partial charge in [0.2, 0.25) is 11.8 Å². The van der Waals surface area contributed by atoms with Crippen molar-refractivity contribution >= 4 is 5.91 Å². The van der Waals surface area contributed by atoms with Crippen molar-refractivity contribution in [1.82, 2.24) is 19.9 Å². The zero-order valence-corrected chi connectivity index (χ0v) is 15.0. The molecular weight excluding hydrogens is 304 g/mol. The summed E-state index contributed by atoms with van der Waals surface area (Å²) in [6.07, 6.45) is 7.28. The first-order valence-electron chi connectivity index (χ1n) is 9.35. The number of likely N-dealkylation sites (tertiary alicyclic amines) is 2. The molecule has 24 heavy (non-hydrogen) atoms. The minimum Gasteiger partial charge on any atom is -0.343 e. The standard InChI is InChI=1S/C18H30N4O2/c1-14-19-17(20-24-14)12-15-7-10-22(11-8-15)18(23)6-5-16-4-3-9-21(2)13-16/h15-16H,3-13H2,1-2H3/t16-/m1/s1. The van der Waals surface area contributed by atoms with Crippen LogP contribution in [0.5, 0.6) is 0 Å². The third-order valence-corrected chi connectivity index (χ3v) is 5.50. The van der Waals surface area contributed by atoms with E-state index in [1.165, 1.54) is 19.4 Å². The van der Waals surface area contributed by atoms with Crippen LogP contribution >= 0.6 is 0 Å². The van der Waals surface area contributed by atoms with E-state index in [-0.39, 0.29) is 0 Å². The molecule has 134 valence electrons. The van der Waals surface area contributed by atoms with E-state index in [1.54, 1.807) is 0 Å². The summed E-state index contributed by atoms with van der Waals surface area (Å²) < 4.78 is 5.03. The van der Waals surface area contributed by atoms with Crippen LogP contribution < -0.4 is 0 Å². The first-order valence-corrected chi connectivity index (χ1v) is 9.35. The van der Waals surface area contributed by atoms with Gasteiger partial charge in [-0.1, -0.05) is 5.16 Å². The van der Waals surface area contributed by atoms with Crippen LogP contribution in [0.25, 0.3) is 0 Å². The third kappa shape index (κ3) is 4.79. The highest BCUT2D eigenvalue weighted by molar-refractivity contribution is 5.76. The Balaban J connectivity index is 1.37. The average Bonchev–Trinajstić information content (AvgIpc) is 2.98. The SMILES string of the molecule is Cc1nc(CC2CCN(C(=O)CC[C@H]3CCCN(C)C3)CC2)no1. The Morgan fingerprint density at radius 2 is 2.00 bits per heavy atom. The summed E-state index contributed by atoms with van der Waals surface area (Å²) in [5.41, 5.74) is 0. The lowest BCUT2D eigenvalue weighted by molar-refractivity contribution is -0.133. The van der Waals surface area contributed by atoms with Crippen molar-refractivity contribution in [2.75, 3.05) is 33.2 Å². The quantitative estimate of drug-likeness (QED) is 0.827. The summed E-state index contributed by atoms with van der Waals surface area (Å²) >= 11 is 0. The Kier molecular flexibility index (Phi) is 5.87. The zero-order valence-electron chi connectivity index (χ0n) is 15.0. The van der Waals surface area contributed by atoms with E-state index in [0.717, 1.165) is 51.1 Å². The molecule has 1 aromatic heterocycles. The predicted molar refractivity (Wildman–Crippen MR) is 91.5 cm³/mol. The van der Waals surface area contributed by atoms with Crippen LogP contribution in [-0.2, 0) is 11.2 Å². The molecule has 1 aromatic rings. The molecule has 1 amide bonds. The van der Waals surface area contributed by atoms with Gasteiger partial charge in [-0.3, -0.25) is 4.79 Å². The smallest absolute Gasteiger partial charge is 0.223 e. The van der Waals surface area contributed by atoms with Gasteiger partial charge in [0.25, 0.3) is 0 Å². The second kappa shape index (κ2) is 8.10. The second-order valence-electron chi connectivity index (χ2n) is 7.57. The lowest BCUT2D eigenvalue weighted by Gasteiger charge is -2.33. The number of amides is 1. The van der Waals surface area contributed by atoms with Crippen molar-refractivity contribution in [1.29, 1.82) is 0 Å². The van der Waals surface area contributed by atoms with Gasteiger partial charge in [-0.15, -0.1) is 0 Å². The summed E-state index contributed by atoms with van der Waals surface area (Å²) in [7, 11) is 2.18. The normalized spacial score (nSPS) is 23.6. The second-order valence-corrected chi connectivity index (χ2v) is 7.57. The monoisotopic (exact) mass is 334 g/mol. The van der Waals surface area contributed by atoms with Crippen LogP contribution in [0.15, 0.2) is 4.52 Å². The molecule has 0 spiro atoms. The van der Waals surface area contributed by atoms with Gasteiger partial charge in [-0.2, -0.15) is 4.98 Å². The lowest BCUT2D eigenvalue weighted by atomic mass is 9.91. The molecule has 0 saturated carbocycles. The molecule has 0 N–H and O–H groups in total. The molecular formula is C18H30N4O2. The van der Waals surface area contributed by atoms with E-state index in [1.807, 2.05) is 6.92 Å². The number of nitrogens with zero attached hydrogens (tertiary/aromatic N) is 4. The number of aryl methyl sites for hydroxylation is 1. The van der Waals surface area contributed by atoms with Crippen molar-refractivity contribution in [2.24, 2.45) is 11.8 Å². The molecule has 2 aliphatic heterocycles.